The second-order valence-electron chi connectivity index (χ2n) is 5.31. The van der Waals surface area contributed by atoms with E-state index < -0.39 is 0 Å². The summed E-state index contributed by atoms with van der Waals surface area (Å²) in [5, 5.41) is 8.56. The summed E-state index contributed by atoms with van der Waals surface area (Å²) in [6.07, 6.45) is 3.32. The zero-order valence-electron chi connectivity index (χ0n) is 12.3. The number of fused-ring (bicyclic) bond motifs is 1. The minimum atomic E-state index is 0.387. The molecule has 1 fully saturated rings. The molecule has 0 atom stereocenters. The Bertz CT molecular complexity index is 840. The molecule has 0 aromatic carbocycles. The summed E-state index contributed by atoms with van der Waals surface area (Å²) in [7, 11) is 0. The summed E-state index contributed by atoms with van der Waals surface area (Å²) in [4.78, 5) is 13.2. The average molecular weight is 331 g/mol. The van der Waals surface area contributed by atoms with Crippen molar-refractivity contribution in [1.82, 2.24) is 24.6 Å². The molecule has 2 N–H and O–H groups in total. The van der Waals surface area contributed by atoms with Crippen LogP contribution in [0.25, 0.3) is 5.65 Å². The smallest absolute Gasteiger partial charge is 0.209 e. The summed E-state index contributed by atoms with van der Waals surface area (Å²) in [6.45, 7) is 3.25. The number of hydrogen-bond donors (Lipinski definition) is 1. The van der Waals surface area contributed by atoms with Crippen LogP contribution in [0.2, 0.25) is 5.02 Å². The van der Waals surface area contributed by atoms with Crippen LogP contribution in [0.1, 0.15) is 0 Å². The van der Waals surface area contributed by atoms with Crippen LogP contribution in [0.5, 0.6) is 0 Å². The zero-order chi connectivity index (χ0) is 15.8. The highest BCUT2D eigenvalue weighted by molar-refractivity contribution is 6.32. The normalized spacial score (nSPS) is 15.3. The lowest BCUT2D eigenvalue weighted by atomic mass is 10.3. The van der Waals surface area contributed by atoms with Crippen molar-refractivity contribution >= 4 is 34.8 Å². The number of piperazine rings is 1. The van der Waals surface area contributed by atoms with E-state index in [1.54, 1.807) is 16.9 Å². The van der Waals surface area contributed by atoms with E-state index in [4.69, 9.17) is 17.3 Å². The molecular weight excluding hydrogens is 316 g/mol. The molecule has 23 heavy (non-hydrogen) atoms. The third-order valence-corrected chi connectivity index (χ3v) is 4.25. The lowest BCUT2D eigenvalue weighted by Gasteiger charge is -2.36. The Morgan fingerprint density at radius 2 is 1.91 bits per heavy atom. The van der Waals surface area contributed by atoms with Gasteiger partial charge in [0, 0.05) is 38.4 Å². The maximum Gasteiger partial charge on any atom is 0.209 e. The Morgan fingerprint density at radius 1 is 1.13 bits per heavy atom. The molecular formula is C14H15ClN8. The monoisotopic (exact) mass is 330 g/mol. The fraction of sp³-hybridized carbons (Fsp3) is 0.286. The van der Waals surface area contributed by atoms with Gasteiger partial charge in [0.2, 0.25) is 5.95 Å². The molecule has 9 heteroatoms. The van der Waals surface area contributed by atoms with Crippen LogP contribution in [-0.2, 0) is 0 Å². The number of halogens is 1. The summed E-state index contributed by atoms with van der Waals surface area (Å²) >= 11 is 6.22. The second-order valence-corrected chi connectivity index (χ2v) is 5.72. The third kappa shape index (κ3) is 2.50. The minimum absolute atomic E-state index is 0.387. The van der Waals surface area contributed by atoms with Crippen molar-refractivity contribution in [2.45, 2.75) is 0 Å². The van der Waals surface area contributed by atoms with Crippen molar-refractivity contribution in [3.05, 3.63) is 35.7 Å². The van der Waals surface area contributed by atoms with E-state index in [2.05, 4.69) is 30.0 Å². The predicted molar refractivity (Wildman–Crippen MR) is 88.9 cm³/mol. The third-order valence-electron chi connectivity index (χ3n) is 3.95. The molecule has 8 nitrogen and oxygen atoms in total. The predicted octanol–water partition coefficient (Wildman–Crippen LogP) is 1.08. The summed E-state index contributed by atoms with van der Waals surface area (Å²) in [6, 6.07) is 5.59. The van der Waals surface area contributed by atoms with Gasteiger partial charge in [0.15, 0.2) is 5.65 Å². The molecule has 3 aromatic rings. The van der Waals surface area contributed by atoms with Gasteiger partial charge in [0.05, 0.1) is 5.02 Å². The molecule has 1 aliphatic rings. The Morgan fingerprint density at radius 3 is 2.70 bits per heavy atom. The minimum Gasteiger partial charge on any atom is -0.369 e. The van der Waals surface area contributed by atoms with E-state index in [1.165, 1.54) is 0 Å². The number of pyridine rings is 1. The van der Waals surface area contributed by atoms with Crippen LogP contribution in [-0.4, -0.2) is 50.7 Å². The first-order valence-electron chi connectivity index (χ1n) is 7.29. The fourth-order valence-electron chi connectivity index (χ4n) is 2.76. The van der Waals surface area contributed by atoms with E-state index in [0.717, 1.165) is 37.8 Å². The highest BCUT2D eigenvalue weighted by atomic mass is 35.5. The highest BCUT2D eigenvalue weighted by Gasteiger charge is 2.21. The van der Waals surface area contributed by atoms with Gasteiger partial charge < -0.3 is 15.5 Å². The Labute approximate surface area is 137 Å². The molecule has 4 rings (SSSR count). The highest BCUT2D eigenvalue weighted by Crippen LogP contribution is 2.25. The van der Waals surface area contributed by atoms with Gasteiger partial charge in [-0.25, -0.2) is 4.98 Å². The van der Waals surface area contributed by atoms with Crippen molar-refractivity contribution in [3.8, 4) is 0 Å². The lowest BCUT2D eigenvalue weighted by molar-refractivity contribution is 0.641. The fourth-order valence-corrected chi connectivity index (χ4v) is 3.00. The van der Waals surface area contributed by atoms with Gasteiger partial charge in [0.25, 0.3) is 0 Å². The van der Waals surface area contributed by atoms with Crippen molar-refractivity contribution in [2.75, 3.05) is 41.7 Å². The zero-order valence-corrected chi connectivity index (χ0v) is 13.1. The molecule has 0 unspecified atom stereocenters. The SMILES string of the molecule is Nc1nc(N2CCN(c3ncccc3Cl)CC2)cc2nncn12. The molecule has 1 saturated heterocycles. The maximum atomic E-state index is 6.22. The Balaban J connectivity index is 1.53. The number of hydrogen-bond acceptors (Lipinski definition) is 7. The number of nitrogens with two attached hydrogens (primary N) is 1. The number of nitrogens with zero attached hydrogens (tertiary/aromatic N) is 7. The second kappa shape index (κ2) is 5.54. The molecule has 0 aliphatic carbocycles. The van der Waals surface area contributed by atoms with Gasteiger partial charge in [-0.2, -0.15) is 4.98 Å². The van der Waals surface area contributed by atoms with E-state index >= 15 is 0 Å². The van der Waals surface area contributed by atoms with E-state index in [-0.39, 0.29) is 0 Å². The van der Waals surface area contributed by atoms with E-state index in [1.807, 2.05) is 18.2 Å². The molecule has 1 aliphatic heterocycles. The van der Waals surface area contributed by atoms with E-state index in [0.29, 0.717) is 16.6 Å². The number of anilines is 3. The Kier molecular flexibility index (Phi) is 3.38. The molecule has 0 spiro atoms. The van der Waals surface area contributed by atoms with Crippen LogP contribution >= 0.6 is 11.6 Å². The molecule has 0 radical (unpaired) electrons. The van der Waals surface area contributed by atoms with Gasteiger partial charge >= 0.3 is 0 Å². The van der Waals surface area contributed by atoms with Gasteiger partial charge in [-0.3, -0.25) is 4.40 Å². The van der Waals surface area contributed by atoms with Crippen LogP contribution in [0, 0.1) is 0 Å². The molecule has 0 amide bonds. The molecule has 4 heterocycles. The first kappa shape index (κ1) is 14.0. The molecule has 118 valence electrons. The number of nitrogen functional groups attached to an aromatic ring is 1. The standard InChI is InChI=1S/C14H15ClN8/c15-10-2-1-3-17-13(10)22-6-4-21(5-7-22)11-8-12-20-18-9-23(12)14(16)19-11/h1-3,8-9H,4-7H2,(H2,16,19). The summed E-state index contributed by atoms with van der Waals surface area (Å²) in [5.74, 6) is 2.03. The quantitative estimate of drug-likeness (QED) is 0.752. The van der Waals surface area contributed by atoms with Crippen LogP contribution in [0.4, 0.5) is 17.6 Å². The first-order chi connectivity index (χ1) is 11.2. The van der Waals surface area contributed by atoms with Gasteiger partial charge in [-0.15, -0.1) is 10.2 Å². The maximum absolute atomic E-state index is 6.22. The van der Waals surface area contributed by atoms with Gasteiger partial charge in [0.1, 0.15) is 18.0 Å². The average Bonchev–Trinajstić information content (AvgIpc) is 3.05. The summed E-state index contributed by atoms with van der Waals surface area (Å²) in [5.41, 5.74) is 6.65. The van der Waals surface area contributed by atoms with Crippen molar-refractivity contribution in [1.29, 1.82) is 0 Å². The van der Waals surface area contributed by atoms with Gasteiger partial charge in [-0.05, 0) is 12.1 Å². The molecule has 0 bridgehead atoms. The first-order valence-corrected chi connectivity index (χ1v) is 7.67. The van der Waals surface area contributed by atoms with Gasteiger partial charge in [-0.1, -0.05) is 11.6 Å². The van der Waals surface area contributed by atoms with E-state index in [9.17, 15) is 0 Å². The van der Waals surface area contributed by atoms with Crippen LogP contribution in [0.3, 0.4) is 0 Å². The number of aromatic nitrogens is 5. The van der Waals surface area contributed by atoms with Crippen molar-refractivity contribution in [3.63, 3.8) is 0 Å². The van der Waals surface area contributed by atoms with Crippen LogP contribution in [0.15, 0.2) is 30.7 Å². The molecule has 3 aromatic heterocycles. The summed E-state index contributed by atoms with van der Waals surface area (Å²) < 4.78 is 1.66. The largest absolute Gasteiger partial charge is 0.369 e. The lowest BCUT2D eigenvalue weighted by Crippen LogP contribution is -2.47. The topological polar surface area (TPSA) is 88.5 Å². The molecule has 0 saturated carbocycles. The number of rotatable bonds is 2. The van der Waals surface area contributed by atoms with Crippen molar-refractivity contribution < 1.29 is 0 Å². The Hall–Kier alpha value is -2.61. The van der Waals surface area contributed by atoms with Crippen LogP contribution < -0.4 is 15.5 Å². The van der Waals surface area contributed by atoms with Crippen molar-refractivity contribution in [2.24, 2.45) is 0 Å².